The molecule has 2 heterocycles. The molecule has 1 fully saturated rings. The Balaban J connectivity index is 1.81. The summed E-state index contributed by atoms with van der Waals surface area (Å²) in [5.74, 6) is 0.218. The Morgan fingerprint density at radius 2 is 1.77 bits per heavy atom. The van der Waals surface area contributed by atoms with Crippen molar-refractivity contribution in [3.8, 4) is 0 Å². The van der Waals surface area contributed by atoms with Gasteiger partial charge in [0.05, 0.1) is 26.3 Å². The number of nitrogens with zero attached hydrogens (tertiary/aromatic N) is 4. The largest absolute Gasteiger partial charge is 0.378 e. The Bertz CT molecular complexity index is 745. The van der Waals surface area contributed by atoms with Crippen molar-refractivity contribution in [2.45, 2.75) is 6.54 Å². The molecule has 0 saturated carbocycles. The molecule has 0 aliphatic carbocycles. The van der Waals surface area contributed by atoms with Gasteiger partial charge in [0, 0.05) is 31.0 Å². The van der Waals surface area contributed by atoms with Crippen LogP contribution in [0.25, 0.3) is 0 Å². The molecule has 0 spiro atoms. The first-order valence-electron chi connectivity index (χ1n) is 8.42. The number of nitrogens with two attached hydrogens (primary N) is 1. The van der Waals surface area contributed by atoms with Crippen LogP contribution < -0.4 is 10.6 Å². The molecule has 136 valence electrons. The third-order valence-electron chi connectivity index (χ3n) is 4.11. The van der Waals surface area contributed by atoms with Crippen LogP contribution in [-0.2, 0) is 11.3 Å². The second kappa shape index (κ2) is 8.50. The third-order valence-corrected chi connectivity index (χ3v) is 4.11. The minimum Gasteiger partial charge on any atom is -0.378 e. The van der Waals surface area contributed by atoms with Gasteiger partial charge in [0.1, 0.15) is 0 Å². The molecule has 2 N–H and O–H groups in total. The van der Waals surface area contributed by atoms with E-state index >= 15 is 0 Å². The number of anilines is 1. The lowest BCUT2D eigenvalue weighted by molar-refractivity contribution is 0.0547. The van der Waals surface area contributed by atoms with Gasteiger partial charge in [-0.2, -0.15) is 0 Å². The third kappa shape index (κ3) is 4.22. The molecule has 0 atom stereocenters. The fourth-order valence-electron chi connectivity index (χ4n) is 2.68. The van der Waals surface area contributed by atoms with Crippen molar-refractivity contribution in [3.63, 3.8) is 0 Å². The number of Topliss-reactive ketones (excluding diaryl/α,β-unsaturated/α-hetero) is 1. The molecule has 1 saturated heterocycles. The number of hydrogen-bond donors (Lipinski definition) is 1. The summed E-state index contributed by atoms with van der Waals surface area (Å²) in [4.78, 5) is 36.3. The summed E-state index contributed by atoms with van der Waals surface area (Å²) in [6.07, 6.45) is 3.20. The second-order valence-electron chi connectivity index (χ2n) is 5.84. The van der Waals surface area contributed by atoms with Gasteiger partial charge in [0.15, 0.2) is 5.78 Å². The van der Waals surface area contributed by atoms with Crippen LogP contribution in [0.3, 0.4) is 0 Å². The maximum Gasteiger partial charge on any atom is 0.327 e. The summed E-state index contributed by atoms with van der Waals surface area (Å²) in [5.41, 5.74) is 6.81. The van der Waals surface area contributed by atoms with Gasteiger partial charge < -0.3 is 15.4 Å². The standard InChI is InChI=1S/C18H21N5O3/c19-12-16(24)15-4-2-14(3-5-15)13-23(17-20-6-1-7-21-17)18(25)22-8-10-26-11-9-22/h1-7H,8-13,19H2. The van der Waals surface area contributed by atoms with Crippen LogP contribution in [0.2, 0.25) is 0 Å². The number of amides is 2. The van der Waals surface area contributed by atoms with Crippen molar-refractivity contribution in [2.24, 2.45) is 5.73 Å². The van der Waals surface area contributed by atoms with E-state index in [9.17, 15) is 9.59 Å². The average Bonchev–Trinajstić information content (AvgIpc) is 2.72. The number of morpholine rings is 1. The number of carbonyl (C=O) groups excluding carboxylic acids is 2. The Morgan fingerprint density at radius 3 is 2.38 bits per heavy atom. The van der Waals surface area contributed by atoms with Gasteiger partial charge in [-0.15, -0.1) is 0 Å². The average molecular weight is 355 g/mol. The second-order valence-corrected chi connectivity index (χ2v) is 5.84. The maximum atomic E-state index is 13.0. The molecule has 0 unspecified atom stereocenters. The molecule has 26 heavy (non-hydrogen) atoms. The van der Waals surface area contributed by atoms with Gasteiger partial charge in [-0.25, -0.2) is 14.8 Å². The van der Waals surface area contributed by atoms with E-state index in [1.807, 2.05) is 12.1 Å². The first-order chi connectivity index (χ1) is 12.7. The van der Waals surface area contributed by atoms with Crippen molar-refractivity contribution < 1.29 is 14.3 Å². The first-order valence-corrected chi connectivity index (χ1v) is 8.42. The van der Waals surface area contributed by atoms with Crippen LogP contribution in [0.15, 0.2) is 42.7 Å². The number of hydrogen-bond acceptors (Lipinski definition) is 6. The lowest BCUT2D eigenvalue weighted by Crippen LogP contribution is -2.48. The summed E-state index contributed by atoms with van der Waals surface area (Å²) >= 11 is 0. The first kappa shape index (κ1) is 18.0. The summed E-state index contributed by atoms with van der Waals surface area (Å²) in [6, 6.07) is 8.59. The summed E-state index contributed by atoms with van der Waals surface area (Å²) < 4.78 is 5.31. The molecular weight excluding hydrogens is 334 g/mol. The lowest BCUT2D eigenvalue weighted by Gasteiger charge is -2.32. The minimum atomic E-state index is -0.165. The van der Waals surface area contributed by atoms with Gasteiger partial charge in [0.25, 0.3) is 0 Å². The van der Waals surface area contributed by atoms with Gasteiger partial charge in [-0.1, -0.05) is 24.3 Å². The smallest absolute Gasteiger partial charge is 0.327 e. The Kier molecular flexibility index (Phi) is 5.88. The highest BCUT2D eigenvalue weighted by atomic mass is 16.5. The highest BCUT2D eigenvalue weighted by molar-refractivity contribution is 5.97. The topological polar surface area (TPSA) is 102 Å². The van der Waals surface area contributed by atoms with E-state index in [1.54, 1.807) is 35.5 Å². The van der Waals surface area contributed by atoms with E-state index < -0.39 is 0 Å². The Morgan fingerprint density at radius 1 is 1.12 bits per heavy atom. The van der Waals surface area contributed by atoms with Gasteiger partial charge >= 0.3 is 6.03 Å². The van der Waals surface area contributed by atoms with Crippen LogP contribution in [0.5, 0.6) is 0 Å². The number of rotatable bonds is 5. The number of ether oxygens (including phenoxy) is 1. The van der Waals surface area contributed by atoms with Crippen molar-refractivity contribution >= 4 is 17.8 Å². The zero-order valence-corrected chi connectivity index (χ0v) is 14.4. The molecule has 0 bridgehead atoms. The van der Waals surface area contributed by atoms with Gasteiger partial charge in [-0.05, 0) is 11.6 Å². The highest BCUT2D eigenvalue weighted by Crippen LogP contribution is 2.16. The molecule has 1 aliphatic rings. The molecule has 2 aromatic rings. The number of urea groups is 1. The van der Waals surface area contributed by atoms with E-state index in [4.69, 9.17) is 10.5 Å². The van der Waals surface area contributed by atoms with Crippen molar-refractivity contribution in [2.75, 3.05) is 37.7 Å². The van der Waals surface area contributed by atoms with E-state index in [1.165, 1.54) is 4.90 Å². The zero-order valence-electron chi connectivity index (χ0n) is 14.4. The van der Waals surface area contributed by atoms with Crippen molar-refractivity contribution in [1.29, 1.82) is 0 Å². The highest BCUT2D eigenvalue weighted by Gasteiger charge is 2.26. The number of aromatic nitrogens is 2. The predicted molar refractivity (Wildman–Crippen MR) is 95.8 cm³/mol. The molecule has 3 rings (SSSR count). The maximum absolute atomic E-state index is 13.0. The van der Waals surface area contributed by atoms with Crippen LogP contribution in [0, 0.1) is 0 Å². The Hall–Kier alpha value is -2.84. The van der Waals surface area contributed by atoms with Gasteiger partial charge in [0.2, 0.25) is 5.95 Å². The molecule has 8 nitrogen and oxygen atoms in total. The number of carbonyl (C=O) groups is 2. The van der Waals surface area contributed by atoms with Crippen LogP contribution in [-0.4, -0.2) is 59.5 Å². The van der Waals surface area contributed by atoms with E-state index in [0.29, 0.717) is 44.4 Å². The number of ketones is 1. The summed E-state index contributed by atoms with van der Waals surface area (Å²) in [6.45, 7) is 2.38. The molecule has 1 aromatic carbocycles. The molecular formula is C18H21N5O3. The molecule has 1 aliphatic heterocycles. The molecule has 1 aromatic heterocycles. The minimum absolute atomic E-state index is 0.0289. The SMILES string of the molecule is NCC(=O)c1ccc(CN(C(=O)N2CCOCC2)c2ncccn2)cc1. The van der Waals surface area contributed by atoms with Gasteiger partial charge in [-0.3, -0.25) is 9.69 Å². The van der Waals surface area contributed by atoms with Crippen molar-refractivity contribution in [1.82, 2.24) is 14.9 Å². The van der Waals surface area contributed by atoms with Crippen LogP contribution in [0.1, 0.15) is 15.9 Å². The fraction of sp³-hybridized carbons (Fsp3) is 0.333. The van der Waals surface area contributed by atoms with E-state index in [2.05, 4.69) is 9.97 Å². The lowest BCUT2D eigenvalue weighted by atomic mass is 10.1. The monoisotopic (exact) mass is 355 g/mol. The fourth-order valence-corrected chi connectivity index (χ4v) is 2.68. The normalized spacial score (nSPS) is 14.1. The van der Waals surface area contributed by atoms with Crippen LogP contribution in [0.4, 0.5) is 10.7 Å². The number of benzene rings is 1. The van der Waals surface area contributed by atoms with E-state index in [-0.39, 0.29) is 18.4 Å². The zero-order chi connectivity index (χ0) is 18.4. The molecule has 0 radical (unpaired) electrons. The van der Waals surface area contributed by atoms with E-state index in [0.717, 1.165) is 5.56 Å². The summed E-state index contributed by atoms with van der Waals surface area (Å²) in [7, 11) is 0. The molecule has 2 amide bonds. The van der Waals surface area contributed by atoms with Crippen molar-refractivity contribution in [3.05, 3.63) is 53.9 Å². The quantitative estimate of drug-likeness (QED) is 0.805. The summed E-state index contributed by atoms with van der Waals surface area (Å²) in [5, 5.41) is 0. The Labute approximate surface area is 151 Å². The molecule has 8 heteroatoms. The predicted octanol–water partition coefficient (Wildman–Crippen LogP) is 1.08. The van der Waals surface area contributed by atoms with Crippen LogP contribution >= 0.6 is 0 Å².